The number of nitrogens with one attached hydrogen (secondary N) is 1. The van der Waals surface area contributed by atoms with E-state index in [0.29, 0.717) is 43.2 Å². The molecule has 0 saturated carbocycles. The smallest absolute Gasteiger partial charge is 0.184 e. The molecule has 1 N–H and O–H groups in total. The van der Waals surface area contributed by atoms with Gasteiger partial charge in [-0.2, -0.15) is 0 Å². The first-order valence-electron chi connectivity index (χ1n) is 9.31. The third-order valence-electron chi connectivity index (χ3n) is 4.79. The fourth-order valence-electron chi connectivity index (χ4n) is 3.29. The van der Waals surface area contributed by atoms with Crippen molar-refractivity contribution in [1.82, 2.24) is 4.90 Å². The Bertz CT molecular complexity index is 1050. The lowest BCUT2D eigenvalue weighted by Gasteiger charge is -2.20. The zero-order valence-corrected chi connectivity index (χ0v) is 16.5. The van der Waals surface area contributed by atoms with Crippen molar-refractivity contribution in [1.29, 1.82) is 0 Å². The second-order valence-corrected chi connectivity index (χ2v) is 8.57. The van der Waals surface area contributed by atoms with Gasteiger partial charge in [0.15, 0.2) is 15.3 Å². The number of benzene rings is 3. The first-order chi connectivity index (χ1) is 14.0. The van der Waals surface area contributed by atoms with Gasteiger partial charge in [0.2, 0.25) is 0 Å². The number of halogens is 1. The van der Waals surface area contributed by atoms with Gasteiger partial charge >= 0.3 is 0 Å². The van der Waals surface area contributed by atoms with E-state index in [2.05, 4.69) is 9.62 Å². The molecule has 1 atom stereocenters. The number of para-hydroxylation sites is 1. The summed E-state index contributed by atoms with van der Waals surface area (Å²) in [5, 5.41) is 0. The molecule has 5 nitrogen and oxygen atoms in total. The van der Waals surface area contributed by atoms with E-state index in [1.54, 1.807) is 54.6 Å². The number of rotatable bonds is 5. The molecule has 0 saturated heterocycles. The largest absolute Gasteiger partial charge is 0.588 e. The molecule has 7 heteroatoms. The molecule has 29 heavy (non-hydrogen) atoms. The van der Waals surface area contributed by atoms with E-state index < -0.39 is 10.4 Å². The van der Waals surface area contributed by atoms with Gasteiger partial charge in [-0.1, -0.05) is 40.6 Å². The minimum absolute atomic E-state index is 0.141. The van der Waals surface area contributed by atoms with Gasteiger partial charge in [-0.25, -0.2) is 9.11 Å². The van der Waals surface area contributed by atoms with Crippen molar-refractivity contribution < 1.29 is 17.9 Å². The molecule has 0 aromatic heterocycles. The van der Waals surface area contributed by atoms with Crippen LogP contribution in [0.5, 0.6) is 5.75 Å². The highest BCUT2D eigenvalue weighted by Crippen LogP contribution is 2.30. The normalized spacial score (nSPS) is 16.2. The number of hydrogen-bond acceptors (Lipinski definition) is 4. The molecule has 0 spiro atoms. The van der Waals surface area contributed by atoms with Crippen molar-refractivity contribution >= 4 is 16.1 Å². The van der Waals surface area contributed by atoms with Crippen molar-refractivity contribution in [3.63, 3.8) is 0 Å². The number of anilines is 1. The summed E-state index contributed by atoms with van der Waals surface area (Å²) in [7, 11) is -3.72. The highest BCUT2D eigenvalue weighted by Gasteiger charge is 2.24. The Morgan fingerprint density at radius 2 is 1.83 bits per heavy atom. The van der Waals surface area contributed by atoms with Crippen LogP contribution in [-0.2, 0) is 27.7 Å². The fraction of sp³-hybridized carbons (Fsp3) is 0.182. The molecule has 150 valence electrons. The maximum Gasteiger partial charge on any atom is 0.184 e. The average molecular weight is 412 g/mol. The molecule has 0 amide bonds. The number of hydrogen-bond donors (Lipinski definition) is 1. The molecular formula is C22H21FN2O3S. The van der Waals surface area contributed by atoms with E-state index in [-0.39, 0.29) is 10.7 Å². The lowest BCUT2D eigenvalue weighted by atomic mass is 10.1. The minimum atomic E-state index is -3.72. The van der Waals surface area contributed by atoms with E-state index in [0.717, 1.165) is 5.56 Å². The average Bonchev–Trinajstić information content (AvgIpc) is 2.91. The van der Waals surface area contributed by atoms with Crippen LogP contribution in [0.15, 0.2) is 77.7 Å². The maximum atomic E-state index is 14.0. The predicted octanol–water partition coefficient (Wildman–Crippen LogP) is 4.24. The lowest BCUT2D eigenvalue weighted by molar-refractivity contribution is 0.217. The summed E-state index contributed by atoms with van der Waals surface area (Å²) >= 11 is 0. The van der Waals surface area contributed by atoms with Crippen LogP contribution in [0.2, 0.25) is 0 Å². The van der Waals surface area contributed by atoms with Gasteiger partial charge in [-0.05, 0) is 30.3 Å². The number of nitrogens with zero attached hydrogens (tertiary/aromatic N) is 1. The predicted molar refractivity (Wildman–Crippen MR) is 110 cm³/mol. The topological polar surface area (TPSA) is 64.6 Å². The Hall–Kier alpha value is -2.74. The molecule has 4 rings (SSSR count). The SMILES string of the molecule is O=[S+]([O-])(Nc1ccccc1)c1ccc2c(c1)OCCN(Cc1ccccc1F)C2. The van der Waals surface area contributed by atoms with Crippen LogP contribution in [0.4, 0.5) is 10.1 Å². The standard InChI is InChI=1S/C22H21FN2O3S/c23-21-9-5-4-6-17(21)15-25-12-13-28-22-14-20(11-10-18(22)16-25)29(26,27)24-19-7-2-1-3-8-19/h1-11,14H,12-13,15-16H2,(H-,24,26,27). The van der Waals surface area contributed by atoms with E-state index >= 15 is 0 Å². The molecule has 1 heterocycles. The highest BCUT2D eigenvalue weighted by molar-refractivity contribution is 7.98. The summed E-state index contributed by atoms with van der Waals surface area (Å²) in [6.07, 6.45) is 0. The molecular weight excluding hydrogens is 391 g/mol. The van der Waals surface area contributed by atoms with E-state index in [4.69, 9.17) is 4.74 Å². The summed E-state index contributed by atoms with van der Waals surface area (Å²) < 4.78 is 47.7. The Balaban J connectivity index is 1.53. The van der Waals surface area contributed by atoms with Gasteiger partial charge in [-0.15, -0.1) is 0 Å². The summed E-state index contributed by atoms with van der Waals surface area (Å²) in [5.41, 5.74) is 2.00. The Kier molecular flexibility index (Phi) is 5.62. The number of sulfonamides is 1. The molecule has 0 radical (unpaired) electrons. The third-order valence-corrected chi connectivity index (χ3v) is 6.16. The van der Waals surface area contributed by atoms with E-state index in [9.17, 15) is 13.2 Å². The molecule has 0 fully saturated rings. The molecule has 1 unspecified atom stereocenters. The van der Waals surface area contributed by atoms with Gasteiger partial charge in [0.05, 0.1) is 5.69 Å². The quantitative estimate of drug-likeness (QED) is 0.637. The van der Waals surface area contributed by atoms with E-state index in [1.165, 1.54) is 6.07 Å². The van der Waals surface area contributed by atoms with Crippen molar-refractivity contribution in [3.8, 4) is 5.75 Å². The van der Waals surface area contributed by atoms with Gasteiger partial charge < -0.3 is 9.29 Å². The van der Waals surface area contributed by atoms with Crippen molar-refractivity contribution in [2.75, 3.05) is 17.9 Å². The van der Waals surface area contributed by atoms with Gasteiger partial charge in [-0.3, -0.25) is 4.90 Å². The fourth-order valence-corrected chi connectivity index (χ4v) is 4.37. The van der Waals surface area contributed by atoms with Crippen molar-refractivity contribution in [2.45, 2.75) is 18.0 Å². The van der Waals surface area contributed by atoms with Crippen LogP contribution < -0.4 is 9.46 Å². The summed E-state index contributed by atoms with van der Waals surface area (Å²) in [5.74, 6) is 0.309. The minimum Gasteiger partial charge on any atom is -0.588 e. The first kappa shape index (κ1) is 19.6. The first-order valence-corrected chi connectivity index (χ1v) is 10.8. The monoisotopic (exact) mass is 412 g/mol. The van der Waals surface area contributed by atoms with Crippen LogP contribution in [0, 0.1) is 5.82 Å². The Labute approximate surface area is 170 Å². The van der Waals surface area contributed by atoms with Gasteiger partial charge in [0.25, 0.3) is 0 Å². The molecule has 3 aromatic carbocycles. The molecule has 1 aliphatic heterocycles. The van der Waals surface area contributed by atoms with Crippen LogP contribution in [-0.4, -0.2) is 22.6 Å². The van der Waals surface area contributed by atoms with Crippen molar-refractivity contribution in [3.05, 3.63) is 89.7 Å². The maximum absolute atomic E-state index is 14.0. The van der Waals surface area contributed by atoms with Crippen LogP contribution in [0.1, 0.15) is 11.1 Å². The number of ether oxygens (including phenoxy) is 1. The van der Waals surface area contributed by atoms with Crippen molar-refractivity contribution in [2.24, 2.45) is 0 Å². The summed E-state index contributed by atoms with van der Waals surface area (Å²) in [6, 6.07) is 20.3. The second kappa shape index (κ2) is 8.32. The molecule has 0 bridgehead atoms. The summed E-state index contributed by atoms with van der Waals surface area (Å²) in [4.78, 5) is 2.23. The van der Waals surface area contributed by atoms with E-state index in [1.807, 2.05) is 12.1 Å². The van der Waals surface area contributed by atoms with Gasteiger partial charge in [0.1, 0.15) is 18.2 Å². The highest BCUT2D eigenvalue weighted by atomic mass is 32.3. The molecule has 0 aliphatic carbocycles. The van der Waals surface area contributed by atoms with Crippen LogP contribution in [0.25, 0.3) is 0 Å². The Morgan fingerprint density at radius 1 is 1.07 bits per heavy atom. The zero-order chi connectivity index (χ0) is 20.3. The van der Waals surface area contributed by atoms with Crippen LogP contribution >= 0.6 is 0 Å². The molecule has 1 aliphatic rings. The lowest BCUT2D eigenvalue weighted by Crippen LogP contribution is -2.25. The number of fused-ring (bicyclic) bond motifs is 1. The molecule has 3 aromatic rings. The summed E-state index contributed by atoms with van der Waals surface area (Å²) in [6.45, 7) is 2.03. The Morgan fingerprint density at radius 3 is 2.62 bits per heavy atom. The van der Waals surface area contributed by atoms with Crippen LogP contribution in [0.3, 0.4) is 0 Å². The third kappa shape index (κ3) is 4.64. The second-order valence-electron chi connectivity index (χ2n) is 6.89. The van der Waals surface area contributed by atoms with Gasteiger partial charge in [0, 0.05) is 36.8 Å². The zero-order valence-electron chi connectivity index (χ0n) is 15.7.